The molecule has 2 saturated carbocycles. The normalized spacial score (nSPS) is 20.9. The first-order valence-corrected chi connectivity index (χ1v) is 13.9. The maximum Gasteiger partial charge on any atom is 0.248 e. The minimum Gasteiger partial charge on any atom is -0.351 e. The Morgan fingerprint density at radius 3 is 2.47 bits per heavy atom. The first-order chi connectivity index (χ1) is 17.5. The van der Waals surface area contributed by atoms with Crippen molar-refractivity contribution >= 4 is 17.5 Å². The summed E-state index contributed by atoms with van der Waals surface area (Å²) in [6.45, 7) is 4.32. The lowest BCUT2D eigenvalue weighted by atomic mass is 9.75. The van der Waals surface area contributed by atoms with Crippen LogP contribution in [0.4, 0.5) is 10.1 Å². The van der Waals surface area contributed by atoms with Crippen LogP contribution in [0.1, 0.15) is 95.2 Å². The van der Waals surface area contributed by atoms with Gasteiger partial charge in [-0.1, -0.05) is 76.3 Å². The molecule has 2 aromatic carbocycles. The van der Waals surface area contributed by atoms with Crippen molar-refractivity contribution < 1.29 is 14.0 Å². The van der Waals surface area contributed by atoms with Crippen LogP contribution in [0, 0.1) is 17.7 Å². The van der Waals surface area contributed by atoms with Gasteiger partial charge in [0, 0.05) is 17.6 Å². The van der Waals surface area contributed by atoms with Gasteiger partial charge in [-0.3, -0.25) is 14.5 Å². The number of unbranched alkanes of at least 4 members (excludes halogenated alkanes) is 2. The fraction of sp³-hybridized carbons (Fsp3) is 0.548. The second kappa shape index (κ2) is 12.5. The Morgan fingerprint density at radius 2 is 1.78 bits per heavy atom. The van der Waals surface area contributed by atoms with Crippen molar-refractivity contribution in [3.05, 3.63) is 65.5 Å². The molecule has 194 valence electrons. The highest BCUT2D eigenvalue weighted by atomic mass is 19.1. The summed E-state index contributed by atoms with van der Waals surface area (Å²) in [7, 11) is 0. The topological polar surface area (TPSA) is 49.4 Å². The highest BCUT2D eigenvalue weighted by molar-refractivity contribution is 6.02. The van der Waals surface area contributed by atoms with Crippen LogP contribution in [0.2, 0.25) is 0 Å². The van der Waals surface area contributed by atoms with E-state index in [1.165, 1.54) is 18.6 Å². The number of nitrogens with zero attached hydrogens (tertiary/aromatic N) is 1. The van der Waals surface area contributed by atoms with E-state index in [1.54, 1.807) is 17.0 Å². The number of benzene rings is 2. The maximum absolute atomic E-state index is 14.4. The van der Waals surface area contributed by atoms with Crippen molar-refractivity contribution in [2.45, 2.75) is 96.6 Å². The second-order valence-electron chi connectivity index (χ2n) is 10.9. The van der Waals surface area contributed by atoms with Gasteiger partial charge in [0.15, 0.2) is 0 Å². The Balaban J connectivity index is 1.76. The van der Waals surface area contributed by atoms with Crippen LogP contribution in [-0.4, -0.2) is 17.9 Å². The van der Waals surface area contributed by atoms with Crippen molar-refractivity contribution in [2.75, 3.05) is 4.90 Å². The van der Waals surface area contributed by atoms with Crippen molar-refractivity contribution in [2.24, 2.45) is 11.8 Å². The lowest BCUT2D eigenvalue weighted by Gasteiger charge is -2.40. The van der Waals surface area contributed by atoms with E-state index in [0.717, 1.165) is 75.3 Å². The van der Waals surface area contributed by atoms with Crippen LogP contribution in [0.3, 0.4) is 0 Å². The molecule has 0 heterocycles. The van der Waals surface area contributed by atoms with Crippen LogP contribution in [0.15, 0.2) is 48.5 Å². The number of carbonyl (C=O) groups is 2. The van der Waals surface area contributed by atoms with Crippen LogP contribution in [0.25, 0.3) is 0 Å². The molecule has 0 radical (unpaired) electrons. The predicted molar refractivity (Wildman–Crippen MR) is 143 cm³/mol. The SMILES string of the molecule is CCCCCc1ccccc1C(C(=O)NC1CCCCC1)N(C(=O)C1CC(C)C1)c1cccc(F)c1. The van der Waals surface area contributed by atoms with E-state index in [-0.39, 0.29) is 23.8 Å². The molecule has 2 aliphatic rings. The molecule has 2 amide bonds. The minimum atomic E-state index is -0.824. The van der Waals surface area contributed by atoms with Gasteiger partial charge in [0.2, 0.25) is 11.8 Å². The van der Waals surface area contributed by atoms with E-state index in [2.05, 4.69) is 25.2 Å². The molecule has 2 aliphatic carbocycles. The van der Waals surface area contributed by atoms with E-state index in [4.69, 9.17) is 0 Å². The van der Waals surface area contributed by atoms with E-state index in [1.807, 2.05) is 18.2 Å². The first-order valence-electron chi connectivity index (χ1n) is 13.9. The second-order valence-corrected chi connectivity index (χ2v) is 10.9. The van der Waals surface area contributed by atoms with Crippen LogP contribution < -0.4 is 10.2 Å². The summed E-state index contributed by atoms with van der Waals surface area (Å²) in [4.78, 5) is 29.7. The molecule has 4 rings (SSSR count). The Morgan fingerprint density at radius 1 is 1.03 bits per heavy atom. The molecular formula is C31H41FN2O2. The third-order valence-electron chi connectivity index (χ3n) is 7.90. The Hall–Kier alpha value is -2.69. The summed E-state index contributed by atoms with van der Waals surface area (Å²) < 4.78 is 14.4. The van der Waals surface area contributed by atoms with Crippen molar-refractivity contribution in [1.82, 2.24) is 5.32 Å². The molecule has 36 heavy (non-hydrogen) atoms. The van der Waals surface area contributed by atoms with Gasteiger partial charge >= 0.3 is 0 Å². The minimum absolute atomic E-state index is 0.0779. The molecule has 0 saturated heterocycles. The highest BCUT2D eigenvalue weighted by Gasteiger charge is 2.41. The average Bonchev–Trinajstić information content (AvgIpc) is 2.86. The lowest BCUT2D eigenvalue weighted by Crippen LogP contribution is -2.50. The van der Waals surface area contributed by atoms with Crippen LogP contribution >= 0.6 is 0 Å². The number of rotatable bonds is 10. The largest absolute Gasteiger partial charge is 0.351 e. The molecule has 1 atom stereocenters. The fourth-order valence-electron chi connectivity index (χ4n) is 5.85. The third-order valence-corrected chi connectivity index (χ3v) is 7.90. The van der Waals surface area contributed by atoms with Crippen molar-refractivity contribution in [3.8, 4) is 0 Å². The van der Waals surface area contributed by atoms with E-state index >= 15 is 0 Å². The molecular weight excluding hydrogens is 451 g/mol. The zero-order valence-electron chi connectivity index (χ0n) is 21.8. The number of hydrogen-bond acceptors (Lipinski definition) is 2. The van der Waals surface area contributed by atoms with E-state index < -0.39 is 11.9 Å². The highest BCUT2D eigenvalue weighted by Crippen LogP contribution is 2.39. The molecule has 0 aromatic heterocycles. The molecule has 0 aliphatic heterocycles. The zero-order chi connectivity index (χ0) is 25.5. The molecule has 2 fully saturated rings. The molecule has 4 nitrogen and oxygen atoms in total. The Kier molecular flexibility index (Phi) is 9.17. The van der Waals surface area contributed by atoms with Gasteiger partial charge in [0.25, 0.3) is 0 Å². The average molecular weight is 493 g/mol. The maximum atomic E-state index is 14.4. The number of aryl methyl sites for hydroxylation is 1. The van der Waals surface area contributed by atoms with Crippen LogP contribution in [-0.2, 0) is 16.0 Å². The number of carbonyl (C=O) groups excluding carboxylic acids is 2. The van der Waals surface area contributed by atoms with Gasteiger partial charge in [-0.05, 0) is 73.8 Å². The smallest absolute Gasteiger partial charge is 0.248 e. The Labute approximate surface area is 215 Å². The summed E-state index contributed by atoms with van der Waals surface area (Å²) in [6.07, 6.45) is 11.0. The molecule has 1 unspecified atom stereocenters. The monoisotopic (exact) mass is 492 g/mol. The predicted octanol–water partition coefficient (Wildman–Crippen LogP) is 7.13. The molecule has 1 N–H and O–H groups in total. The van der Waals surface area contributed by atoms with Crippen LogP contribution in [0.5, 0.6) is 0 Å². The van der Waals surface area contributed by atoms with Gasteiger partial charge in [-0.25, -0.2) is 4.39 Å². The summed E-state index contributed by atoms with van der Waals surface area (Å²) >= 11 is 0. The molecule has 0 bridgehead atoms. The molecule has 5 heteroatoms. The summed E-state index contributed by atoms with van der Waals surface area (Å²) in [6, 6.07) is 13.4. The zero-order valence-corrected chi connectivity index (χ0v) is 21.8. The fourth-order valence-corrected chi connectivity index (χ4v) is 5.85. The van der Waals surface area contributed by atoms with Gasteiger partial charge in [0.05, 0.1) is 0 Å². The third kappa shape index (κ3) is 6.35. The van der Waals surface area contributed by atoms with E-state index in [9.17, 15) is 14.0 Å². The summed E-state index contributed by atoms with van der Waals surface area (Å²) in [5.74, 6) is -0.291. The number of nitrogens with one attached hydrogen (secondary N) is 1. The first kappa shape index (κ1) is 26.4. The lowest BCUT2D eigenvalue weighted by molar-refractivity contribution is -0.131. The van der Waals surface area contributed by atoms with E-state index in [0.29, 0.717) is 11.6 Å². The van der Waals surface area contributed by atoms with Gasteiger partial charge in [-0.15, -0.1) is 0 Å². The van der Waals surface area contributed by atoms with Crippen molar-refractivity contribution in [3.63, 3.8) is 0 Å². The number of amides is 2. The molecule has 0 spiro atoms. The van der Waals surface area contributed by atoms with Gasteiger partial charge in [-0.2, -0.15) is 0 Å². The van der Waals surface area contributed by atoms with Gasteiger partial charge in [0.1, 0.15) is 11.9 Å². The standard InChI is InChI=1S/C31H41FN2O2/c1-3-4-6-12-23-13-9-10-18-28(23)29(30(35)33-26-15-7-5-8-16-26)34(27-17-11-14-25(32)21-27)31(36)24-19-22(2)20-24/h9-11,13-14,17-18,21-22,24,26,29H,3-8,12,15-16,19-20H2,1-2H3,(H,33,35). The number of anilines is 1. The number of halogens is 1. The quantitative estimate of drug-likeness (QED) is 0.359. The molecule has 2 aromatic rings. The summed E-state index contributed by atoms with van der Waals surface area (Å²) in [5.41, 5.74) is 2.39. The number of hydrogen-bond donors (Lipinski definition) is 1. The van der Waals surface area contributed by atoms with Gasteiger partial charge < -0.3 is 5.32 Å². The Bertz CT molecular complexity index is 1030. The van der Waals surface area contributed by atoms with Crippen molar-refractivity contribution in [1.29, 1.82) is 0 Å². The summed E-state index contributed by atoms with van der Waals surface area (Å²) in [5, 5.41) is 3.29.